The number of carbonyl (C=O) groups is 3. The Morgan fingerprint density at radius 1 is 0.970 bits per heavy atom. The molecule has 5 rings (SSSR count). The highest BCUT2D eigenvalue weighted by atomic mass is 79.9. The van der Waals surface area contributed by atoms with Crippen LogP contribution in [0.2, 0.25) is 0 Å². The predicted octanol–water partition coefficient (Wildman–Crippen LogP) is 4.24. The molecule has 6 atom stereocenters. The lowest BCUT2D eigenvalue weighted by atomic mass is 9.81. The number of halogens is 2. The summed E-state index contributed by atoms with van der Waals surface area (Å²) in [7, 11) is 3.05. The summed E-state index contributed by atoms with van der Waals surface area (Å²) in [5.41, 5.74) is 1.01. The van der Waals surface area contributed by atoms with Gasteiger partial charge in [0, 0.05) is 15.7 Å². The molecule has 9 heteroatoms. The highest BCUT2D eigenvalue weighted by molar-refractivity contribution is 9.12. The number of ether oxygens (including phenoxy) is 2. The van der Waals surface area contributed by atoms with E-state index in [1.54, 1.807) is 49.6 Å². The topological polar surface area (TPSA) is 84.9 Å². The molecule has 2 aliphatic carbocycles. The average Bonchev–Trinajstić information content (AvgIpc) is 3.44. The lowest BCUT2D eigenvalue weighted by molar-refractivity contribution is -0.123. The molecule has 3 aliphatic rings. The summed E-state index contributed by atoms with van der Waals surface area (Å²) >= 11 is 7.41. The highest BCUT2D eigenvalue weighted by Crippen LogP contribution is 2.60. The molecule has 2 saturated carbocycles. The van der Waals surface area contributed by atoms with Crippen molar-refractivity contribution < 1.29 is 23.9 Å². The predicted molar refractivity (Wildman–Crippen MR) is 130 cm³/mol. The van der Waals surface area contributed by atoms with Crippen molar-refractivity contribution in [3.8, 4) is 11.5 Å². The zero-order valence-electron chi connectivity index (χ0n) is 18.0. The van der Waals surface area contributed by atoms with Gasteiger partial charge in [-0.3, -0.25) is 14.4 Å². The molecule has 2 aromatic carbocycles. The quantitative estimate of drug-likeness (QED) is 0.424. The minimum Gasteiger partial charge on any atom is -0.497 e. The Morgan fingerprint density at radius 3 is 2.21 bits per heavy atom. The number of hydrogen-bond donors (Lipinski definition) is 1. The van der Waals surface area contributed by atoms with Gasteiger partial charge in [-0.15, -0.1) is 0 Å². The largest absolute Gasteiger partial charge is 0.497 e. The zero-order chi connectivity index (χ0) is 23.4. The monoisotopic (exact) mass is 576 g/mol. The molecule has 0 spiro atoms. The Labute approximate surface area is 208 Å². The number of nitrogens with one attached hydrogen (secondary N) is 1. The van der Waals surface area contributed by atoms with E-state index < -0.39 is 5.91 Å². The molecule has 0 unspecified atom stereocenters. The van der Waals surface area contributed by atoms with Gasteiger partial charge in [0.25, 0.3) is 5.91 Å². The Hall–Kier alpha value is -2.39. The van der Waals surface area contributed by atoms with E-state index in [2.05, 4.69) is 37.2 Å². The Kier molecular flexibility index (Phi) is 5.73. The maximum atomic E-state index is 13.4. The van der Waals surface area contributed by atoms with Crippen molar-refractivity contribution in [2.75, 3.05) is 24.4 Å². The molecule has 33 heavy (non-hydrogen) atoms. The molecule has 3 fully saturated rings. The summed E-state index contributed by atoms with van der Waals surface area (Å²) in [6.45, 7) is 0. The lowest BCUT2D eigenvalue weighted by Gasteiger charge is -2.28. The molecule has 0 radical (unpaired) electrons. The van der Waals surface area contributed by atoms with E-state index >= 15 is 0 Å². The minimum atomic E-state index is -0.438. The Morgan fingerprint density at radius 2 is 1.61 bits per heavy atom. The number of amides is 3. The number of fused-ring (bicyclic) bond motifs is 5. The first-order chi connectivity index (χ1) is 15.9. The van der Waals surface area contributed by atoms with Gasteiger partial charge in [-0.25, -0.2) is 4.90 Å². The van der Waals surface area contributed by atoms with Gasteiger partial charge >= 0.3 is 0 Å². The fraction of sp³-hybridized carbons (Fsp3) is 0.375. The van der Waals surface area contributed by atoms with Crippen LogP contribution in [0.4, 0.5) is 11.4 Å². The van der Waals surface area contributed by atoms with E-state index in [1.165, 1.54) is 12.0 Å². The first-order valence-electron chi connectivity index (χ1n) is 10.7. The summed E-state index contributed by atoms with van der Waals surface area (Å²) in [5, 5.41) is 2.83. The molecule has 1 saturated heterocycles. The van der Waals surface area contributed by atoms with Crippen LogP contribution >= 0.6 is 31.9 Å². The van der Waals surface area contributed by atoms with Gasteiger partial charge in [0.15, 0.2) is 0 Å². The first-order valence-corrected chi connectivity index (χ1v) is 12.5. The second-order valence-electron chi connectivity index (χ2n) is 8.55. The van der Waals surface area contributed by atoms with Crippen LogP contribution in [0.15, 0.2) is 42.5 Å². The van der Waals surface area contributed by atoms with Crippen molar-refractivity contribution in [1.29, 1.82) is 0 Å². The van der Waals surface area contributed by atoms with Crippen molar-refractivity contribution in [3.05, 3.63) is 48.0 Å². The Bertz CT molecular complexity index is 1120. The molecule has 1 N–H and O–H groups in total. The van der Waals surface area contributed by atoms with Crippen molar-refractivity contribution in [1.82, 2.24) is 0 Å². The number of carbonyl (C=O) groups excluding carboxylic acids is 3. The van der Waals surface area contributed by atoms with Crippen molar-refractivity contribution in [2.45, 2.75) is 16.1 Å². The van der Waals surface area contributed by atoms with Gasteiger partial charge in [0.1, 0.15) is 11.5 Å². The first kappa shape index (κ1) is 22.4. The summed E-state index contributed by atoms with van der Waals surface area (Å²) < 4.78 is 10.6. The van der Waals surface area contributed by atoms with Gasteiger partial charge in [-0.1, -0.05) is 44.0 Å². The summed E-state index contributed by atoms with van der Waals surface area (Å²) in [5.74, 6) is -0.331. The van der Waals surface area contributed by atoms with Crippen LogP contribution in [-0.2, 0) is 9.59 Å². The van der Waals surface area contributed by atoms with Crippen molar-refractivity contribution in [3.63, 3.8) is 0 Å². The van der Waals surface area contributed by atoms with Gasteiger partial charge < -0.3 is 14.8 Å². The SMILES string of the molecule is COc1ccc(NC(=O)c2ccccc2N2C(=O)[C@@H]3[C@H]4C[C@@H]([C@@H](Br)[C@H]4Br)[C@H]3C2=O)c(OC)c1. The number of benzene rings is 2. The van der Waals surface area contributed by atoms with Crippen molar-refractivity contribution >= 4 is 61.0 Å². The van der Waals surface area contributed by atoms with Crippen LogP contribution in [0, 0.1) is 23.7 Å². The molecule has 3 amide bonds. The molecular formula is C24H22Br2N2O5. The number of imide groups is 1. The molecule has 172 valence electrons. The number of alkyl halides is 2. The normalized spacial score (nSPS) is 29.9. The number of para-hydroxylation sites is 1. The fourth-order valence-electron chi connectivity index (χ4n) is 5.54. The molecule has 2 aromatic rings. The van der Waals surface area contributed by atoms with E-state index in [-0.39, 0.29) is 50.7 Å². The van der Waals surface area contributed by atoms with Gasteiger partial charge in [0.2, 0.25) is 11.8 Å². The van der Waals surface area contributed by atoms with Gasteiger partial charge in [0.05, 0.1) is 43.0 Å². The molecule has 7 nitrogen and oxygen atoms in total. The van der Waals surface area contributed by atoms with E-state index in [1.807, 2.05) is 0 Å². The van der Waals surface area contributed by atoms with E-state index in [0.717, 1.165) is 6.42 Å². The summed E-state index contributed by atoms with van der Waals surface area (Å²) in [6.07, 6.45) is 0.853. The van der Waals surface area contributed by atoms with Crippen LogP contribution < -0.4 is 19.7 Å². The van der Waals surface area contributed by atoms with Gasteiger partial charge in [-0.05, 0) is 42.5 Å². The highest BCUT2D eigenvalue weighted by Gasteiger charge is 2.66. The molecule has 1 heterocycles. The van der Waals surface area contributed by atoms with Crippen LogP contribution in [-0.4, -0.2) is 41.6 Å². The number of nitrogens with zero attached hydrogens (tertiary/aromatic N) is 1. The Balaban J connectivity index is 1.46. The smallest absolute Gasteiger partial charge is 0.257 e. The van der Waals surface area contributed by atoms with E-state index in [4.69, 9.17) is 9.47 Å². The average molecular weight is 578 g/mol. The third-order valence-corrected chi connectivity index (χ3v) is 10.2. The summed E-state index contributed by atoms with van der Waals surface area (Å²) in [6, 6.07) is 11.8. The number of rotatable bonds is 5. The number of hydrogen-bond acceptors (Lipinski definition) is 5. The third-order valence-electron chi connectivity index (χ3n) is 7.03. The van der Waals surface area contributed by atoms with Gasteiger partial charge in [-0.2, -0.15) is 0 Å². The molecule has 2 bridgehead atoms. The van der Waals surface area contributed by atoms with E-state index in [9.17, 15) is 14.4 Å². The molecular weight excluding hydrogens is 556 g/mol. The summed E-state index contributed by atoms with van der Waals surface area (Å²) in [4.78, 5) is 41.7. The maximum absolute atomic E-state index is 13.4. The lowest BCUT2D eigenvalue weighted by Crippen LogP contribution is -2.37. The molecule has 1 aliphatic heterocycles. The second kappa shape index (κ2) is 8.43. The maximum Gasteiger partial charge on any atom is 0.257 e. The minimum absolute atomic E-state index is 0.107. The van der Waals surface area contributed by atoms with Crippen LogP contribution in [0.3, 0.4) is 0 Å². The number of anilines is 2. The van der Waals surface area contributed by atoms with Crippen LogP contribution in [0.25, 0.3) is 0 Å². The fourth-order valence-corrected chi connectivity index (χ4v) is 7.41. The number of methoxy groups -OCH3 is 2. The van der Waals surface area contributed by atoms with Crippen LogP contribution in [0.1, 0.15) is 16.8 Å². The van der Waals surface area contributed by atoms with Crippen LogP contribution in [0.5, 0.6) is 11.5 Å². The van der Waals surface area contributed by atoms with E-state index in [0.29, 0.717) is 22.9 Å². The standard InChI is InChI=1S/C24H22Br2N2O5/c1-32-11-7-8-15(17(9-11)33-2)27-22(29)12-5-3-4-6-16(12)28-23(30)18-13-10-14(19(18)24(28)31)21(26)20(13)25/h3-9,13-14,18-21H,10H2,1-2H3,(H,27,29)/t13-,14-,18-,19-,20-,21+/m1/s1. The second-order valence-corrected chi connectivity index (χ2v) is 10.7. The molecule has 0 aromatic heterocycles. The third kappa shape index (κ3) is 3.39. The zero-order valence-corrected chi connectivity index (χ0v) is 21.1. The van der Waals surface area contributed by atoms with Crippen molar-refractivity contribution in [2.24, 2.45) is 23.7 Å².